The maximum Gasteiger partial charge on any atom is 0.251 e. The SMILES string of the molecule is C=C(O)C[N-]C(CO)(CO)CO.O=C(NCC(NC(=O)c1ccc(N=[N+]=[Tc])nc1)C(=O)O)c1ccc2c(cnn2CCCNc2ncc[nH]2)c1.O=C(NCCOCCO)c1ccc([PH+](c2ccc(C(=O)NCCOCCO)cc2)c2ccc(C(=O)NCCOCCO)cc2)cc1. The first-order valence-electron chi connectivity index (χ1n) is 30.0. The van der Waals surface area contributed by atoms with Crippen molar-refractivity contribution in [1.29, 1.82) is 0 Å². The fourth-order valence-electron chi connectivity index (χ4n) is 8.50. The van der Waals surface area contributed by atoms with Crippen LogP contribution >= 0.6 is 7.92 Å². The number of carboxylic acid groups (broad SMARTS) is 1. The minimum atomic E-state index is -1.61. The zero-order valence-electron chi connectivity index (χ0n) is 52.3. The second-order valence-electron chi connectivity index (χ2n) is 20.5. The Morgan fingerprint density at radius 1 is 0.625 bits per heavy atom. The van der Waals surface area contributed by atoms with Gasteiger partial charge < -0.3 is 81.5 Å². The van der Waals surface area contributed by atoms with Gasteiger partial charge in [-0.05, 0) is 97.4 Å². The van der Waals surface area contributed by atoms with Crippen molar-refractivity contribution in [2.75, 3.05) is 124 Å². The Morgan fingerprint density at radius 2 is 1.11 bits per heavy atom. The van der Waals surface area contributed by atoms with Crippen molar-refractivity contribution in [1.82, 2.24) is 54.7 Å². The molecule has 0 bridgehead atoms. The summed E-state index contributed by atoms with van der Waals surface area (Å²) in [6.45, 7) is 5.04. The molecule has 1 atom stereocenters. The predicted octanol–water partition coefficient (Wildman–Crippen LogP) is -0.308. The molecule has 0 spiro atoms. The molecule has 96 heavy (non-hydrogen) atoms. The molecule has 0 aliphatic carbocycles. The van der Waals surface area contributed by atoms with Gasteiger partial charge in [-0.25, -0.2) is 4.98 Å². The number of aliphatic carboxylic acids is 1. The summed E-state index contributed by atoms with van der Waals surface area (Å²) in [5.41, 5.74) is 1.58. The number of nitrogens with one attached hydrogen (secondary N) is 7. The molecule has 0 saturated heterocycles. The number of amides is 5. The van der Waals surface area contributed by atoms with Crippen LogP contribution in [0, 0.1) is 0 Å². The van der Waals surface area contributed by atoms with Crippen molar-refractivity contribution < 1.29 is 103 Å². The number of ether oxygens (including phenoxy) is 3. The Labute approximate surface area is 563 Å². The third-order valence-corrected chi connectivity index (χ3v) is 16.5. The maximum absolute atomic E-state index is 12.7. The first kappa shape index (κ1) is 77.8. The molecule has 0 aliphatic heterocycles. The number of fused-ring (bicyclic) bond motifs is 1. The van der Waals surface area contributed by atoms with Gasteiger partial charge in [-0.15, -0.1) is 0 Å². The second-order valence-corrected chi connectivity index (χ2v) is 23.3. The van der Waals surface area contributed by atoms with E-state index < -0.39 is 57.1 Å². The molecule has 7 rings (SSSR count). The van der Waals surface area contributed by atoms with E-state index >= 15 is 0 Å². The zero-order valence-corrected chi connectivity index (χ0v) is 55.2. The largest absolute Gasteiger partial charge is 0.394 e. The van der Waals surface area contributed by atoms with E-state index in [-0.39, 0.29) is 81.8 Å². The minimum Gasteiger partial charge on any atom is -0.394 e. The van der Waals surface area contributed by atoms with Crippen molar-refractivity contribution in [3.63, 3.8) is 0 Å². The number of aryl methyl sites for hydroxylation is 1. The van der Waals surface area contributed by atoms with Gasteiger partial charge in [0.1, 0.15) is 15.9 Å². The maximum atomic E-state index is 12.7. The van der Waals surface area contributed by atoms with E-state index in [0.717, 1.165) is 33.2 Å². The third-order valence-electron chi connectivity index (χ3n) is 13.6. The van der Waals surface area contributed by atoms with Crippen LogP contribution in [-0.4, -0.2) is 231 Å². The standard InChI is InChI=1S/C33H42N3O9P.C23H23N10O4.C7H14NO4.Tc/c37-16-22-43-19-13-34-31(40)25-1-7-28(8-2-25)46(29-9-3-26(4-10-29)32(41)35-14-20-44-23-17-38)30-11-5-27(6-12-30)33(42)36-15-21-45-24-18-39;24-32-19-5-3-15(11-28-19)21(35)31-17(22(36)37)13-29-20(34)14-2-4-18-16(10-14)12-30-33(18)9-1-6-25-23-26-7-8-27-23;1-6(12)2-8-7(3-9,4-10)5-11;/h1-12,37-39H,13-24H2,(H,34,40)(H,35,41)(H,36,42);2-5,7-8,10-12,17H,1,6,9,13H2,(H,29,34)(H,31,35)(H,36,37)(H2,25,26,27);9-12H,1-5H2;/q;2*-1;+2/p+1. The summed E-state index contributed by atoms with van der Waals surface area (Å²) in [6, 6.07) is 28.9. The van der Waals surface area contributed by atoms with Gasteiger partial charge in [-0.2, -0.15) is 5.10 Å². The average molecular weight is 1430 g/mol. The summed E-state index contributed by atoms with van der Waals surface area (Å²) in [5.74, 6) is -2.27. The number of pyridine rings is 1. The fraction of sp³-hybridized carbons (Fsp3) is 0.349. The van der Waals surface area contributed by atoms with Crippen LogP contribution in [0.4, 0.5) is 11.8 Å². The van der Waals surface area contributed by atoms with Crippen molar-refractivity contribution in [3.8, 4) is 0 Å². The molecule has 4 aromatic carbocycles. The van der Waals surface area contributed by atoms with E-state index in [1.165, 1.54) is 18.3 Å². The van der Waals surface area contributed by atoms with Gasteiger partial charge >= 0.3 is 118 Å². The van der Waals surface area contributed by atoms with Crippen molar-refractivity contribution in [2.45, 2.75) is 24.5 Å². The molecule has 0 radical (unpaired) electrons. The summed E-state index contributed by atoms with van der Waals surface area (Å²) in [7, 11) is -1.61. The molecule has 0 saturated carbocycles. The van der Waals surface area contributed by atoms with E-state index in [1.807, 2.05) is 41.1 Å². The number of carbonyl (C=O) groups excluding carboxylic acids is 5. The number of imidazole rings is 1. The number of aromatic nitrogens is 5. The van der Waals surface area contributed by atoms with Gasteiger partial charge in [0, 0.05) is 92.6 Å². The number of aromatic amines is 1. The summed E-state index contributed by atoms with van der Waals surface area (Å²) in [5, 5.41) is 103. The topological polar surface area (TPSA) is 464 Å². The third kappa shape index (κ3) is 26.3. The minimum absolute atomic E-state index is 0.0750. The first-order valence-corrected chi connectivity index (χ1v) is 32.3. The van der Waals surface area contributed by atoms with Crippen molar-refractivity contribution in [2.24, 2.45) is 5.11 Å². The van der Waals surface area contributed by atoms with Gasteiger partial charge in [-0.3, -0.25) is 23.9 Å². The van der Waals surface area contributed by atoms with Gasteiger partial charge in [0.25, 0.3) is 17.7 Å². The molecule has 7 aromatic rings. The van der Waals surface area contributed by atoms with Gasteiger partial charge in [0.2, 0.25) is 0 Å². The summed E-state index contributed by atoms with van der Waals surface area (Å²) >= 11 is 1.70. The number of hydrogen-bond donors (Lipinski definition) is 15. The number of benzene rings is 4. The smallest absolute Gasteiger partial charge is 0.251 e. The molecule has 15 N–H and O–H groups in total. The molecule has 0 aliphatic rings. The number of H-pyrrole nitrogens is 1. The Bertz CT molecular complexity index is 3410. The van der Waals surface area contributed by atoms with Gasteiger partial charge in [0.05, 0.1) is 84.9 Å². The molecule has 5 amide bonds. The van der Waals surface area contributed by atoms with Crippen LogP contribution in [0.3, 0.4) is 0 Å². The van der Waals surface area contributed by atoms with Crippen LogP contribution in [0.1, 0.15) is 58.2 Å². The molecule has 33 heteroatoms. The zero-order chi connectivity index (χ0) is 69.5. The molecule has 1 unspecified atom stereocenters. The molecule has 3 aromatic heterocycles. The molecular weight excluding hydrogens is 1350 g/mol. The molecule has 515 valence electrons. The average Bonchev–Trinajstić information content (AvgIpc) is 1.13. The molecular formula is C63H80N14O17PTc+. The van der Waals surface area contributed by atoms with E-state index in [4.69, 9.17) is 50.0 Å². The Kier molecular flexibility index (Phi) is 35.0. The van der Waals surface area contributed by atoms with Crippen LogP contribution < -0.4 is 51.2 Å². The molecule has 0 fully saturated rings. The number of hydrogen-bond acceptors (Lipinski definition) is 21. The Hall–Kier alpha value is -8.94. The summed E-state index contributed by atoms with van der Waals surface area (Å²) < 4.78 is 21.0. The number of anilines is 1. The fourth-order valence-corrected chi connectivity index (χ4v) is 11.2. The van der Waals surface area contributed by atoms with Crippen molar-refractivity contribution in [3.05, 3.63) is 173 Å². The number of aliphatic hydroxyl groups excluding tert-OH is 7. The van der Waals surface area contributed by atoms with Gasteiger partial charge in [0.15, 0.2) is 5.95 Å². The quantitative estimate of drug-likeness (QED) is 0.00773. The number of rotatable bonds is 39. The number of carbonyl (C=O) groups is 6. The second kappa shape index (κ2) is 43.2. The van der Waals surface area contributed by atoms with E-state index in [0.29, 0.717) is 86.6 Å². The van der Waals surface area contributed by atoms with E-state index in [1.54, 1.807) is 91.9 Å². The Morgan fingerprint density at radius 3 is 1.54 bits per heavy atom. The Balaban J connectivity index is 0.000000300. The van der Waals surface area contributed by atoms with E-state index in [2.05, 4.69) is 72.4 Å². The van der Waals surface area contributed by atoms with Crippen LogP contribution in [-0.2, 0) is 44.3 Å². The number of nitrogens with zero attached hydrogens (tertiary/aromatic N) is 7. The van der Waals surface area contributed by atoms with Crippen LogP contribution in [0.2, 0.25) is 0 Å². The van der Waals surface area contributed by atoms with Crippen LogP contribution in [0.5, 0.6) is 0 Å². The summed E-state index contributed by atoms with van der Waals surface area (Å²) in [4.78, 5) is 85.8. The normalized spacial score (nSPS) is 11.2. The van der Waals surface area contributed by atoms with Crippen molar-refractivity contribution >= 4 is 82.0 Å². The first-order chi connectivity index (χ1) is 46.5. The van der Waals surface area contributed by atoms with Crippen LogP contribution in [0.15, 0.2) is 145 Å². The number of aliphatic hydroxyl groups is 7. The summed E-state index contributed by atoms with van der Waals surface area (Å²) in [6.07, 6.45) is 7.17. The number of carboxylic acids is 1. The van der Waals surface area contributed by atoms with Crippen LogP contribution in [0.25, 0.3) is 16.2 Å². The van der Waals surface area contributed by atoms with E-state index in [9.17, 15) is 33.9 Å². The van der Waals surface area contributed by atoms with Gasteiger partial charge in [-0.1, -0.05) is 18.7 Å². The monoisotopic (exact) mass is 1430 g/mol. The molecule has 31 nitrogen and oxygen atoms in total. The molecule has 3 heterocycles. The predicted molar refractivity (Wildman–Crippen MR) is 352 cm³/mol.